The van der Waals surface area contributed by atoms with Crippen LogP contribution < -0.4 is 5.32 Å². The van der Waals surface area contributed by atoms with Gasteiger partial charge in [-0.2, -0.15) is 0 Å². The van der Waals surface area contributed by atoms with Gasteiger partial charge in [-0.15, -0.1) is 0 Å². The first kappa shape index (κ1) is 16.3. The molecule has 1 heterocycles. The van der Waals surface area contributed by atoms with Crippen LogP contribution in [0.5, 0.6) is 0 Å². The first-order valence-corrected chi connectivity index (χ1v) is 8.39. The second-order valence-corrected chi connectivity index (χ2v) is 7.92. The lowest BCUT2D eigenvalue weighted by Crippen LogP contribution is -2.51. The largest absolute Gasteiger partial charge is 0.376 e. The lowest BCUT2D eigenvalue weighted by atomic mass is 9.79. The van der Waals surface area contributed by atoms with E-state index < -0.39 is 0 Å². The molecular formula is C17H33NO2. The van der Waals surface area contributed by atoms with Crippen molar-refractivity contribution in [2.24, 2.45) is 5.92 Å². The molecule has 0 spiro atoms. The van der Waals surface area contributed by atoms with E-state index in [0.717, 1.165) is 25.7 Å². The Balaban J connectivity index is 1.88. The van der Waals surface area contributed by atoms with Crippen molar-refractivity contribution in [1.29, 1.82) is 0 Å². The smallest absolute Gasteiger partial charge is 0.0809 e. The van der Waals surface area contributed by atoms with Crippen LogP contribution in [0.25, 0.3) is 0 Å². The number of hydrogen-bond acceptors (Lipinski definition) is 3. The van der Waals surface area contributed by atoms with Crippen molar-refractivity contribution in [3.05, 3.63) is 0 Å². The minimum Gasteiger partial charge on any atom is -0.376 e. The molecule has 0 aromatic rings. The molecule has 3 nitrogen and oxygen atoms in total. The van der Waals surface area contributed by atoms with Crippen LogP contribution in [0.15, 0.2) is 0 Å². The van der Waals surface area contributed by atoms with Gasteiger partial charge in [-0.3, -0.25) is 0 Å². The molecule has 3 heteroatoms. The maximum atomic E-state index is 6.41. The van der Waals surface area contributed by atoms with Gasteiger partial charge in [-0.25, -0.2) is 0 Å². The Kier molecular flexibility index (Phi) is 5.49. The second-order valence-electron chi connectivity index (χ2n) is 7.92. The van der Waals surface area contributed by atoms with Gasteiger partial charge >= 0.3 is 0 Å². The molecule has 2 aliphatic rings. The monoisotopic (exact) mass is 283 g/mol. The van der Waals surface area contributed by atoms with E-state index in [1.807, 2.05) is 0 Å². The molecule has 1 unspecified atom stereocenters. The van der Waals surface area contributed by atoms with Gasteiger partial charge in [0.1, 0.15) is 0 Å². The van der Waals surface area contributed by atoms with Crippen LogP contribution in [0.3, 0.4) is 0 Å². The SMILES string of the molecule is CC1CCC(CNC(C)(C)C)(OCC2CCCO2)CC1. The van der Waals surface area contributed by atoms with Crippen LogP contribution in [0.4, 0.5) is 0 Å². The van der Waals surface area contributed by atoms with Gasteiger partial charge < -0.3 is 14.8 Å². The van der Waals surface area contributed by atoms with E-state index in [0.29, 0.717) is 6.10 Å². The van der Waals surface area contributed by atoms with E-state index in [2.05, 4.69) is 33.0 Å². The summed E-state index contributed by atoms with van der Waals surface area (Å²) in [5.74, 6) is 0.851. The average Bonchev–Trinajstić information content (AvgIpc) is 2.89. The lowest BCUT2D eigenvalue weighted by molar-refractivity contribution is -0.107. The second kappa shape index (κ2) is 6.76. The molecule has 1 saturated heterocycles. The molecule has 0 amide bonds. The fraction of sp³-hybridized carbons (Fsp3) is 1.00. The normalized spacial score (nSPS) is 35.4. The first-order chi connectivity index (χ1) is 9.39. The minimum absolute atomic E-state index is 0.0335. The molecule has 2 fully saturated rings. The Morgan fingerprint density at radius 1 is 1.20 bits per heavy atom. The zero-order chi connectivity index (χ0) is 14.6. The highest BCUT2D eigenvalue weighted by atomic mass is 16.5. The van der Waals surface area contributed by atoms with Crippen molar-refractivity contribution in [3.8, 4) is 0 Å². The molecule has 1 atom stereocenters. The van der Waals surface area contributed by atoms with Gasteiger partial charge in [-0.1, -0.05) is 6.92 Å². The highest BCUT2D eigenvalue weighted by Crippen LogP contribution is 2.35. The summed E-state index contributed by atoms with van der Waals surface area (Å²) in [5.41, 5.74) is 0.190. The maximum Gasteiger partial charge on any atom is 0.0809 e. The third-order valence-electron chi connectivity index (χ3n) is 4.73. The third-order valence-corrected chi connectivity index (χ3v) is 4.73. The summed E-state index contributed by atoms with van der Waals surface area (Å²) in [6.45, 7) is 11.7. The van der Waals surface area contributed by atoms with Crippen LogP contribution >= 0.6 is 0 Å². The number of rotatable bonds is 5. The summed E-state index contributed by atoms with van der Waals surface area (Å²) >= 11 is 0. The summed E-state index contributed by atoms with van der Waals surface area (Å²) in [5, 5.41) is 3.66. The zero-order valence-corrected chi connectivity index (χ0v) is 13.8. The van der Waals surface area contributed by atoms with E-state index >= 15 is 0 Å². The Morgan fingerprint density at radius 3 is 2.45 bits per heavy atom. The average molecular weight is 283 g/mol. The highest BCUT2D eigenvalue weighted by Gasteiger charge is 2.36. The van der Waals surface area contributed by atoms with Crippen LogP contribution in [0.1, 0.15) is 66.2 Å². The van der Waals surface area contributed by atoms with Gasteiger partial charge in [0, 0.05) is 18.7 Å². The molecule has 0 aromatic carbocycles. The summed E-state index contributed by atoms with van der Waals surface area (Å²) in [4.78, 5) is 0. The van der Waals surface area contributed by atoms with Gasteiger partial charge in [-0.05, 0) is 65.2 Å². The van der Waals surface area contributed by atoms with Gasteiger partial charge in [0.2, 0.25) is 0 Å². The van der Waals surface area contributed by atoms with E-state index in [-0.39, 0.29) is 11.1 Å². The molecule has 0 radical (unpaired) electrons. The number of nitrogens with one attached hydrogen (secondary N) is 1. The van der Waals surface area contributed by atoms with Gasteiger partial charge in [0.25, 0.3) is 0 Å². The Morgan fingerprint density at radius 2 is 1.90 bits per heavy atom. The van der Waals surface area contributed by atoms with E-state index in [4.69, 9.17) is 9.47 Å². The summed E-state index contributed by atoms with van der Waals surface area (Å²) < 4.78 is 12.1. The maximum absolute atomic E-state index is 6.41. The standard InChI is InChI=1S/C17H33NO2/c1-14-7-9-17(10-8-14,13-18-16(2,3)4)20-12-15-6-5-11-19-15/h14-15,18H,5-13H2,1-4H3. The first-order valence-electron chi connectivity index (χ1n) is 8.39. The van der Waals surface area contributed by atoms with Crippen molar-refractivity contribution in [2.75, 3.05) is 19.8 Å². The fourth-order valence-corrected chi connectivity index (χ4v) is 3.13. The van der Waals surface area contributed by atoms with Crippen LogP contribution in [-0.4, -0.2) is 37.0 Å². The molecular weight excluding hydrogens is 250 g/mol. The summed E-state index contributed by atoms with van der Waals surface area (Å²) in [7, 11) is 0. The van der Waals surface area contributed by atoms with E-state index in [9.17, 15) is 0 Å². The lowest BCUT2D eigenvalue weighted by Gasteiger charge is -2.41. The number of ether oxygens (including phenoxy) is 2. The third kappa shape index (κ3) is 5.01. The molecule has 1 aliphatic heterocycles. The highest BCUT2D eigenvalue weighted by molar-refractivity contribution is 4.91. The van der Waals surface area contributed by atoms with Crippen molar-refractivity contribution in [3.63, 3.8) is 0 Å². The minimum atomic E-state index is 0.0335. The molecule has 2 rings (SSSR count). The van der Waals surface area contributed by atoms with Crippen molar-refractivity contribution in [1.82, 2.24) is 5.32 Å². The van der Waals surface area contributed by atoms with Gasteiger partial charge in [0.05, 0.1) is 18.3 Å². The van der Waals surface area contributed by atoms with Crippen molar-refractivity contribution >= 4 is 0 Å². The number of hydrogen-bond donors (Lipinski definition) is 1. The molecule has 1 N–H and O–H groups in total. The summed E-state index contributed by atoms with van der Waals surface area (Å²) in [6.07, 6.45) is 7.64. The van der Waals surface area contributed by atoms with Crippen molar-refractivity contribution in [2.45, 2.75) is 83.5 Å². The molecule has 1 aliphatic carbocycles. The van der Waals surface area contributed by atoms with Crippen LogP contribution in [0, 0.1) is 5.92 Å². The Labute approximate surface area is 124 Å². The fourth-order valence-electron chi connectivity index (χ4n) is 3.13. The summed E-state index contributed by atoms with van der Waals surface area (Å²) in [6, 6.07) is 0. The quantitative estimate of drug-likeness (QED) is 0.837. The van der Waals surface area contributed by atoms with Crippen LogP contribution in [0.2, 0.25) is 0 Å². The molecule has 0 aromatic heterocycles. The molecule has 1 saturated carbocycles. The molecule has 20 heavy (non-hydrogen) atoms. The van der Waals surface area contributed by atoms with Gasteiger partial charge in [0.15, 0.2) is 0 Å². The van der Waals surface area contributed by atoms with Crippen molar-refractivity contribution < 1.29 is 9.47 Å². The zero-order valence-electron chi connectivity index (χ0n) is 13.8. The Hall–Kier alpha value is -0.120. The van der Waals surface area contributed by atoms with E-state index in [1.54, 1.807) is 0 Å². The Bertz CT molecular complexity index is 284. The molecule has 118 valence electrons. The predicted octanol–water partition coefficient (Wildman–Crippen LogP) is 3.52. The van der Waals surface area contributed by atoms with Crippen LogP contribution in [-0.2, 0) is 9.47 Å². The topological polar surface area (TPSA) is 30.5 Å². The molecule has 0 bridgehead atoms. The predicted molar refractivity (Wildman–Crippen MR) is 83.0 cm³/mol. The van der Waals surface area contributed by atoms with E-state index in [1.165, 1.54) is 38.5 Å².